The molecule has 0 aliphatic carbocycles. The Morgan fingerprint density at radius 2 is 1.41 bits per heavy atom. The number of sulfone groups is 1. The maximum atomic E-state index is 13.3. The Hall–Kier alpha value is -3.09. The third-order valence-electron chi connectivity index (χ3n) is 5.35. The Bertz CT molecular complexity index is 1140. The van der Waals surface area contributed by atoms with E-state index in [1.807, 2.05) is 6.07 Å². The fourth-order valence-corrected chi connectivity index (χ4v) is 4.15. The van der Waals surface area contributed by atoms with Crippen LogP contribution in [0.4, 0.5) is 0 Å². The summed E-state index contributed by atoms with van der Waals surface area (Å²) in [5.74, 6) is -1.11. The van der Waals surface area contributed by atoms with E-state index in [0.29, 0.717) is 29.5 Å². The zero-order valence-electron chi connectivity index (χ0n) is 21.0. The normalized spacial score (nSPS) is 12.2. The van der Waals surface area contributed by atoms with Crippen LogP contribution in [0.15, 0.2) is 59.5 Å². The molecule has 10 nitrogen and oxygen atoms in total. The van der Waals surface area contributed by atoms with E-state index in [1.165, 1.54) is 19.1 Å². The molecule has 0 saturated carbocycles. The van der Waals surface area contributed by atoms with Gasteiger partial charge in [0.2, 0.25) is 0 Å². The first kappa shape index (κ1) is 30.1. The molecule has 0 radical (unpaired) electrons. The van der Waals surface area contributed by atoms with Crippen LogP contribution in [-0.4, -0.2) is 62.2 Å². The molecule has 0 spiro atoms. The molecule has 2 N–H and O–H groups in total. The lowest BCUT2D eigenvalue weighted by Crippen LogP contribution is -2.15. The average molecular weight is 536 g/mol. The molecule has 2 aromatic rings. The largest absolute Gasteiger partial charge is 0.462 e. The van der Waals surface area contributed by atoms with Crippen LogP contribution < -0.4 is 0 Å². The highest BCUT2D eigenvalue weighted by Gasteiger charge is 2.22. The zero-order valence-corrected chi connectivity index (χ0v) is 21.8. The minimum absolute atomic E-state index is 0.128. The molecule has 0 atom stereocenters. The Kier molecular flexibility index (Phi) is 12.4. The predicted octanol–water partition coefficient (Wildman–Crippen LogP) is 4.07. The second-order valence-corrected chi connectivity index (χ2v) is 10.3. The van der Waals surface area contributed by atoms with Crippen molar-refractivity contribution in [2.45, 2.75) is 43.9 Å². The molecule has 0 bridgehead atoms. The number of unbranched alkanes of at least 4 members (excludes halogenated alkanes) is 4. The van der Waals surface area contributed by atoms with E-state index in [4.69, 9.17) is 19.9 Å². The minimum atomic E-state index is -3.41. The van der Waals surface area contributed by atoms with Crippen molar-refractivity contribution in [3.63, 3.8) is 0 Å². The fourth-order valence-electron chi connectivity index (χ4n) is 3.51. The van der Waals surface area contributed by atoms with Gasteiger partial charge < -0.3 is 9.47 Å². The van der Waals surface area contributed by atoms with Gasteiger partial charge in [0.25, 0.3) is 0 Å². The van der Waals surface area contributed by atoms with E-state index in [9.17, 15) is 18.0 Å². The number of esters is 2. The van der Waals surface area contributed by atoms with Crippen molar-refractivity contribution >= 4 is 32.9 Å². The summed E-state index contributed by atoms with van der Waals surface area (Å²) in [4.78, 5) is 29.5. The molecular weight excluding hydrogens is 502 g/mol. The van der Waals surface area contributed by atoms with Crippen molar-refractivity contribution in [3.05, 3.63) is 65.7 Å². The first-order valence-corrected chi connectivity index (χ1v) is 13.7. The van der Waals surface area contributed by atoms with Gasteiger partial charge in [-0.2, -0.15) is 0 Å². The fraction of sp³-hybridized carbons (Fsp3) is 0.385. The number of hydrogen-bond donors (Lipinski definition) is 2. The molecule has 202 valence electrons. The second kappa shape index (κ2) is 15.2. The predicted molar refractivity (Wildman–Crippen MR) is 135 cm³/mol. The number of carbonyl (C=O) groups excluding carboxylic acids is 2. The lowest BCUT2D eigenvalue weighted by atomic mass is 9.95. The Balaban J connectivity index is 2.21. The molecule has 0 heterocycles. The third-order valence-corrected chi connectivity index (χ3v) is 6.48. The van der Waals surface area contributed by atoms with E-state index in [2.05, 4.69) is 4.84 Å². The van der Waals surface area contributed by atoms with Crippen LogP contribution in [0.25, 0.3) is 11.1 Å². The van der Waals surface area contributed by atoms with E-state index >= 15 is 0 Å². The van der Waals surface area contributed by atoms with Gasteiger partial charge in [-0.25, -0.2) is 13.2 Å². The highest BCUT2D eigenvalue weighted by Crippen LogP contribution is 2.29. The molecule has 0 saturated heterocycles. The van der Waals surface area contributed by atoms with Crippen LogP contribution >= 0.6 is 0 Å². The van der Waals surface area contributed by atoms with Gasteiger partial charge in [0, 0.05) is 18.8 Å². The smallest absolute Gasteiger partial charge is 0.339 e. The first-order valence-electron chi connectivity index (χ1n) is 11.8. The summed E-state index contributed by atoms with van der Waals surface area (Å²) in [5.41, 5.74) is 1.72. The molecule has 0 amide bonds. The molecule has 0 fully saturated rings. The quantitative estimate of drug-likeness (QED) is 0.113. The third kappa shape index (κ3) is 10.8. The molecule has 2 rings (SSSR count). The van der Waals surface area contributed by atoms with Gasteiger partial charge in [0.1, 0.15) is 6.61 Å². The van der Waals surface area contributed by atoms with Crippen molar-refractivity contribution in [1.29, 1.82) is 0 Å². The highest BCUT2D eigenvalue weighted by molar-refractivity contribution is 7.90. The maximum Gasteiger partial charge on any atom is 0.339 e. The SMILES string of the molecule is CC(=O)OC/C(=C(\C(=O)OCCCCCCCON(O)O)c1ccccc1)c1ccc(S(C)(=O)=O)cc1. The van der Waals surface area contributed by atoms with Crippen molar-refractivity contribution < 1.29 is 42.7 Å². The van der Waals surface area contributed by atoms with Crippen molar-refractivity contribution in [2.75, 3.05) is 26.1 Å². The monoisotopic (exact) mass is 535 g/mol. The number of hydrogen-bond acceptors (Lipinski definition) is 10. The van der Waals surface area contributed by atoms with Crippen LogP contribution in [-0.2, 0) is 33.7 Å². The van der Waals surface area contributed by atoms with Gasteiger partial charge in [-0.15, -0.1) is 0 Å². The summed E-state index contributed by atoms with van der Waals surface area (Å²) < 4.78 is 34.6. The van der Waals surface area contributed by atoms with E-state index in [0.717, 1.165) is 25.5 Å². The van der Waals surface area contributed by atoms with Gasteiger partial charge in [0.05, 0.1) is 29.1 Å². The van der Waals surface area contributed by atoms with Crippen LogP contribution in [0.2, 0.25) is 0 Å². The second-order valence-electron chi connectivity index (χ2n) is 8.29. The zero-order chi connectivity index (χ0) is 27.3. The van der Waals surface area contributed by atoms with Crippen LogP contribution in [0, 0.1) is 0 Å². The summed E-state index contributed by atoms with van der Waals surface area (Å²) in [5, 5.41) is 16.7. The summed E-state index contributed by atoms with van der Waals surface area (Å²) in [6, 6.07) is 14.9. The first-order chi connectivity index (χ1) is 17.6. The molecule has 0 aliphatic rings. The molecule has 37 heavy (non-hydrogen) atoms. The molecular formula is C26H33NO9S. The van der Waals surface area contributed by atoms with E-state index in [1.54, 1.807) is 36.4 Å². The van der Waals surface area contributed by atoms with Crippen LogP contribution in [0.1, 0.15) is 50.2 Å². The molecule has 2 aromatic carbocycles. The minimum Gasteiger partial charge on any atom is -0.462 e. The lowest BCUT2D eigenvalue weighted by molar-refractivity contribution is -0.492. The van der Waals surface area contributed by atoms with Crippen LogP contribution in [0.3, 0.4) is 0 Å². The summed E-state index contributed by atoms with van der Waals surface area (Å²) in [6.07, 6.45) is 4.85. The number of carbonyl (C=O) groups is 2. The number of ether oxygens (including phenoxy) is 2. The molecule has 0 aromatic heterocycles. The van der Waals surface area contributed by atoms with Gasteiger partial charge in [-0.1, -0.05) is 61.7 Å². The molecule has 0 aliphatic heterocycles. The highest BCUT2D eigenvalue weighted by atomic mass is 32.2. The van der Waals surface area contributed by atoms with E-state index in [-0.39, 0.29) is 35.7 Å². The molecule has 11 heteroatoms. The number of benzene rings is 2. The van der Waals surface area contributed by atoms with E-state index < -0.39 is 21.8 Å². The topological polar surface area (TPSA) is 140 Å². The Morgan fingerprint density at radius 1 is 0.811 bits per heavy atom. The summed E-state index contributed by atoms with van der Waals surface area (Å²) in [7, 11) is -3.41. The van der Waals surface area contributed by atoms with Gasteiger partial charge in [-0.3, -0.25) is 20.0 Å². The number of rotatable bonds is 15. The van der Waals surface area contributed by atoms with Gasteiger partial charge >= 0.3 is 11.9 Å². The summed E-state index contributed by atoms with van der Waals surface area (Å²) >= 11 is 0. The van der Waals surface area contributed by atoms with Crippen molar-refractivity contribution in [1.82, 2.24) is 5.39 Å². The van der Waals surface area contributed by atoms with Crippen molar-refractivity contribution in [3.8, 4) is 0 Å². The molecule has 0 unspecified atom stereocenters. The van der Waals surface area contributed by atoms with Gasteiger partial charge in [0.15, 0.2) is 9.84 Å². The number of nitrogens with zero attached hydrogens (tertiary/aromatic N) is 1. The lowest BCUT2D eigenvalue weighted by Gasteiger charge is -2.16. The standard InChI is InChI=1S/C26H33NO9S/c1-20(28)35-19-24(21-13-15-23(16-14-21)37(2,32)33)25(22-11-7-6-8-12-22)26(29)34-17-9-4-3-5-10-18-36-27(30)31/h6-8,11-16,30-31H,3-5,9-10,17-19H2,1-2H3/b25-24+. The Labute approximate surface area is 216 Å². The van der Waals surface area contributed by atoms with Gasteiger partial charge in [-0.05, 0) is 36.1 Å². The summed E-state index contributed by atoms with van der Waals surface area (Å²) in [6.45, 7) is 1.43. The van der Waals surface area contributed by atoms with Crippen LogP contribution in [0.5, 0.6) is 0 Å². The average Bonchev–Trinajstić information content (AvgIpc) is 2.85. The maximum absolute atomic E-state index is 13.3. The Morgan fingerprint density at radius 3 is 1.97 bits per heavy atom. The van der Waals surface area contributed by atoms with Crippen molar-refractivity contribution in [2.24, 2.45) is 0 Å².